The van der Waals surface area contributed by atoms with Crippen LogP contribution in [0, 0.1) is 5.92 Å². The highest BCUT2D eigenvalue weighted by molar-refractivity contribution is 5.26. The van der Waals surface area contributed by atoms with Gasteiger partial charge in [-0.25, -0.2) is 0 Å². The summed E-state index contributed by atoms with van der Waals surface area (Å²) in [6.07, 6.45) is 3.69. The molecule has 1 aromatic rings. The molecule has 0 radical (unpaired) electrons. The number of aliphatic hydroxyl groups excluding tert-OH is 1. The van der Waals surface area contributed by atoms with Gasteiger partial charge in [-0.2, -0.15) is 0 Å². The molecule has 0 aliphatic rings. The van der Waals surface area contributed by atoms with Gasteiger partial charge in [0.1, 0.15) is 5.75 Å². The molecule has 0 spiro atoms. The number of methoxy groups -OCH3 is 1. The lowest BCUT2D eigenvalue weighted by atomic mass is 10.2. The first-order chi connectivity index (χ1) is 8.26. The number of benzene rings is 1. The minimum Gasteiger partial charge on any atom is -0.497 e. The topological polar surface area (TPSA) is 38.7 Å². The zero-order valence-corrected chi connectivity index (χ0v) is 10.4. The number of rotatable bonds is 7. The number of hydrogen-bond donors (Lipinski definition) is 1. The maximum absolute atomic E-state index is 8.63. The molecule has 0 saturated heterocycles. The second kappa shape index (κ2) is 7.87. The van der Waals surface area contributed by atoms with Gasteiger partial charge in [-0.1, -0.05) is 31.2 Å². The summed E-state index contributed by atoms with van der Waals surface area (Å²) in [7, 11) is 1.65. The summed E-state index contributed by atoms with van der Waals surface area (Å²) >= 11 is 0. The van der Waals surface area contributed by atoms with E-state index < -0.39 is 0 Å². The van der Waals surface area contributed by atoms with E-state index in [1.165, 1.54) is 0 Å². The van der Waals surface area contributed by atoms with Gasteiger partial charge in [-0.05, 0) is 23.6 Å². The predicted molar refractivity (Wildman–Crippen MR) is 68.0 cm³/mol. The Morgan fingerprint density at radius 3 is 2.59 bits per heavy atom. The van der Waals surface area contributed by atoms with Crippen molar-refractivity contribution in [1.82, 2.24) is 0 Å². The lowest BCUT2D eigenvalue weighted by molar-refractivity contribution is 0.104. The van der Waals surface area contributed by atoms with Crippen molar-refractivity contribution in [2.24, 2.45) is 5.92 Å². The molecule has 0 amide bonds. The lowest BCUT2D eigenvalue weighted by Crippen LogP contribution is -2.03. The van der Waals surface area contributed by atoms with E-state index in [9.17, 15) is 0 Å². The van der Waals surface area contributed by atoms with E-state index in [2.05, 4.69) is 6.92 Å². The second-order valence-electron chi connectivity index (χ2n) is 3.95. The first-order valence-electron chi connectivity index (χ1n) is 5.74. The van der Waals surface area contributed by atoms with E-state index in [0.29, 0.717) is 19.1 Å². The fourth-order valence-electron chi connectivity index (χ4n) is 1.43. The van der Waals surface area contributed by atoms with E-state index in [0.717, 1.165) is 11.3 Å². The zero-order chi connectivity index (χ0) is 12.5. The molecular formula is C14H20O3. The molecule has 0 fully saturated rings. The highest BCUT2D eigenvalue weighted by Gasteiger charge is 1.98. The summed E-state index contributed by atoms with van der Waals surface area (Å²) in [5, 5.41) is 8.63. The van der Waals surface area contributed by atoms with E-state index in [4.69, 9.17) is 14.6 Å². The minimum atomic E-state index is 0.0861. The summed E-state index contributed by atoms with van der Waals surface area (Å²) in [5.41, 5.74) is 1.13. The SMILES string of the molecule is COc1ccc(COCC(C)/C=C\CO)cc1. The summed E-state index contributed by atoms with van der Waals surface area (Å²) < 4.78 is 10.7. The van der Waals surface area contributed by atoms with Crippen molar-refractivity contribution in [3.63, 3.8) is 0 Å². The van der Waals surface area contributed by atoms with Crippen LogP contribution in [0.4, 0.5) is 0 Å². The van der Waals surface area contributed by atoms with Crippen molar-refractivity contribution >= 4 is 0 Å². The van der Waals surface area contributed by atoms with Crippen molar-refractivity contribution < 1.29 is 14.6 Å². The lowest BCUT2D eigenvalue weighted by Gasteiger charge is -2.08. The van der Waals surface area contributed by atoms with Crippen LogP contribution in [0.5, 0.6) is 5.75 Å². The Bertz CT molecular complexity index is 330. The fourth-order valence-corrected chi connectivity index (χ4v) is 1.43. The monoisotopic (exact) mass is 236 g/mol. The van der Waals surface area contributed by atoms with E-state index >= 15 is 0 Å². The van der Waals surface area contributed by atoms with Gasteiger partial charge in [-0.3, -0.25) is 0 Å². The third kappa shape index (κ3) is 5.52. The molecule has 0 heterocycles. The van der Waals surface area contributed by atoms with Crippen molar-refractivity contribution in [2.45, 2.75) is 13.5 Å². The molecule has 0 saturated carbocycles. The third-order valence-corrected chi connectivity index (χ3v) is 2.38. The van der Waals surface area contributed by atoms with Gasteiger partial charge < -0.3 is 14.6 Å². The van der Waals surface area contributed by atoms with Crippen LogP contribution in [-0.2, 0) is 11.3 Å². The van der Waals surface area contributed by atoms with Crippen molar-refractivity contribution in [2.75, 3.05) is 20.3 Å². The first kappa shape index (κ1) is 13.7. The Hall–Kier alpha value is -1.32. The number of aliphatic hydroxyl groups is 1. The summed E-state index contributed by atoms with van der Waals surface area (Å²) in [4.78, 5) is 0. The van der Waals surface area contributed by atoms with Crippen molar-refractivity contribution in [3.8, 4) is 5.75 Å². The minimum absolute atomic E-state index is 0.0861. The van der Waals surface area contributed by atoms with Crippen LogP contribution in [0.25, 0.3) is 0 Å². The molecule has 1 rings (SSSR count). The fraction of sp³-hybridized carbons (Fsp3) is 0.429. The predicted octanol–water partition coefficient (Wildman–Crippen LogP) is 2.40. The van der Waals surface area contributed by atoms with Gasteiger partial charge in [-0.15, -0.1) is 0 Å². The van der Waals surface area contributed by atoms with Crippen LogP contribution < -0.4 is 4.74 Å². The largest absolute Gasteiger partial charge is 0.497 e. The molecule has 17 heavy (non-hydrogen) atoms. The number of ether oxygens (including phenoxy) is 2. The summed E-state index contributed by atoms with van der Waals surface area (Å²) in [6, 6.07) is 7.84. The summed E-state index contributed by atoms with van der Waals surface area (Å²) in [6.45, 7) is 3.40. The van der Waals surface area contributed by atoms with Crippen LogP contribution in [0.3, 0.4) is 0 Å². The van der Waals surface area contributed by atoms with Gasteiger partial charge in [0, 0.05) is 0 Å². The first-order valence-corrected chi connectivity index (χ1v) is 5.74. The van der Waals surface area contributed by atoms with Crippen LogP contribution in [0.2, 0.25) is 0 Å². The Balaban J connectivity index is 2.28. The standard InChI is InChI=1S/C14H20O3/c1-12(4-3-9-15)10-17-11-13-5-7-14(16-2)8-6-13/h3-8,12,15H,9-11H2,1-2H3/b4-3-. The Morgan fingerprint density at radius 1 is 1.29 bits per heavy atom. The molecule has 0 aromatic heterocycles. The zero-order valence-electron chi connectivity index (χ0n) is 10.4. The highest BCUT2D eigenvalue weighted by Crippen LogP contribution is 2.12. The average Bonchev–Trinajstić information content (AvgIpc) is 2.37. The van der Waals surface area contributed by atoms with Gasteiger partial charge in [0.25, 0.3) is 0 Å². The Kier molecular flexibility index (Phi) is 6.37. The molecule has 94 valence electrons. The molecule has 1 aromatic carbocycles. The van der Waals surface area contributed by atoms with E-state index in [-0.39, 0.29) is 6.61 Å². The van der Waals surface area contributed by atoms with Crippen LogP contribution in [0.1, 0.15) is 12.5 Å². The molecule has 1 unspecified atom stereocenters. The molecule has 0 bridgehead atoms. The molecule has 0 aliphatic heterocycles. The normalized spacial score (nSPS) is 12.9. The molecule has 1 atom stereocenters. The smallest absolute Gasteiger partial charge is 0.118 e. The van der Waals surface area contributed by atoms with E-state index in [1.807, 2.05) is 30.3 Å². The van der Waals surface area contributed by atoms with Gasteiger partial charge in [0.2, 0.25) is 0 Å². The van der Waals surface area contributed by atoms with Crippen LogP contribution in [-0.4, -0.2) is 25.4 Å². The van der Waals surface area contributed by atoms with Gasteiger partial charge in [0.15, 0.2) is 0 Å². The maximum atomic E-state index is 8.63. The molecule has 3 nitrogen and oxygen atoms in total. The highest BCUT2D eigenvalue weighted by atomic mass is 16.5. The van der Waals surface area contributed by atoms with Crippen molar-refractivity contribution in [3.05, 3.63) is 42.0 Å². The molecule has 1 N–H and O–H groups in total. The second-order valence-corrected chi connectivity index (χ2v) is 3.95. The van der Waals surface area contributed by atoms with Gasteiger partial charge >= 0.3 is 0 Å². The van der Waals surface area contributed by atoms with E-state index in [1.54, 1.807) is 13.2 Å². The van der Waals surface area contributed by atoms with Crippen LogP contribution in [0.15, 0.2) is 36.4 Å². The number of hydrogen-bond acceptors (Lipinski definition) is 3. The maximum Gasteiger partial charge on any atom is 0.118 e. The summed E-state index contributed by atoms with van der Waals surface area (Å²) in [5.74, 6) is 1.17. The third-order valence-electron chi connectivity index (χ3n) is 2.38. The average molecular weight is 236 g/mol. The quantitative estimate of drug-likeness (QED) is 0.739. The molecule has 0 aliphatic carbocycles. The Morgan fingerprint density at radius 2 is 2.00 bits per heavy atom. The Labute approximate surface area is 103 Å². The molecular weight excluding hydrogens is 216 g/mol. The van der Waals surface area contributed by atoms with Crippen molar-refractivity contribution in [1.29, 1.82) is 0 Å². The molecule has 3 heteroatoms. The van der Waals surface area contributed by atoms with Gasteiger partial charge in [0.05, 0.1) is 26.9 Å². The van der Waals surface area contributed by atoms with Crippen LogP contribution >= 0.6 is 0 Å².